The molecular weight excluding hydrogens is 428 g/mol. The molecule has 8 heteroatoms. The molecule has 1 heterocycles. The SMILES string of the molecule is COc1c(/C(C)=C/C(=O)NCCc2ccc(S(N)(=O)=O)cc2)cc2c(C)c(C)oc2c1C. The lowest BCUT2D eigenvalue weighted by atomic mass is 9.98. The molecule has 0 fully saturated rings. The molecule has 1 amide bonds. The quantitative estimate of drug-likeness (QED) is 0.526. The zero-order valence-electron chi connectivity index (χ0n) is 18.9. The minimum atomic E-state index is -3.71. The van der Waals surface area contributed by atoms with E-state index in [9.17, 15) is 13.2 Å². The van der Waals surface area contributed by atoms with Crippen LogP contribution in [0.15, 0.2) is 45.7 Å². The van der Waals surface area contributed by atoms with Crippen LogP contribution in [0.25, 0.3) is 16.5 Å². The van der Waals surface area contributed by atoms with E-state index in [-0.39, 0.29) is 10.8 Å². The summed E-state index contributed by atoms with van der Waals surface area (Å²) in [7, 11) is -2.11. The van der Waals surface area contributed by atoms with E-state index in [0.717, 1.165) is 44.6 Å². The van der Waals surface area contributed by atoms with Crippen LogP contribution in [0.5, 0.6) is 5.75 Å². The molecule has 0 saturated heterocycles. The van der Waals surface area contributed by atoms with E-state index < -0.39 is 10.0 Å². The molecule has 0 radical (unpaired) electrons. The minimum Gasteiger partial charge on any atom is -0.496 e. The van der Waals surface area contributed by atoms with Gasteiger partial charge in [-0.2, -0.15) is 0 Å². The van der Waals surface area contributed by atoms with Gasteiger partial charge in [0.2, 0.25) is 15.9 Å². The summed E-state index contributed by atoms with van der Waals surface area (Å²) < 4.78 is 34.2. The number of nitrogens with one attached hydrogen (secondary N) is 1. The number of aryl methyl sites for hydroxylation is 3. The number of primary sulfonamides is 1. The third-order valence-corrected chi connectivity index (χ3v) is 6.52. The molecule has 0 atom stereocenters. The van der Waals surface area contributed by atoms with Crippen LogP contribution >= 0.6 is 0 Å². The number of hydrogen-bond acceptors (Lipinski definition) is 5. The predicted octanol–water partition coefficient (Wildman–Crippen LogP) is 3.78. The van der Waals surface area contributed by atoms with Crippen LogP contribution in [0.3, 0.4) is 0 Å². The topological polar surface area (TPSA) is 112 Å². The number of carbonyl (C=O) groups excluding carboxylic acids is 1. The van der Waals surface area contributed by atoms with Gasteiger partial charge in [-0.05, 0) is 69.0 Å². The summed E-state index contributed by atoms with van der Waals surface area (Å²) in [5.74, 6) is 1.32. The second kappa shape index (κ2) is 9.18. The number of carbonyl (C=O) groups is 1. The number of nitrogens with two attached hydrogens (primary N) is 1. The molecule has 3 aromatic rings. The molecule has 3 rings (SSSR count). The zero-order chi connectivity index (χ0) is 23.6. The molecule has 170 valence electrons. The van der Waals surface area contributed by atoms with Crippen molar-refractivity contribution in [2.75, 3.05) is 13.7 Å². The predicted molar refractivity (Wildman–Crippen MR) is 125 cm³/mol. The molecule has 1 aromatic heterocycles. The Morgan fingerprint density at radius 2 is 1.81 bits per heavy atom. The summed E-state index contributed by atoms with van der Waals surface area (Å²) in [6.45, 7) is 8.17. The fourth-order valence-corrected chi connectivity index (χ4v) is 4.18. The maximum absolute atomic E-state index is 12.5. The van der Waals surface area contributed by atoms with Gasteiger partial charge >= 0.3 is 0 Å². The standard InChI is InChI=1S/C24H28N2O5S/c1-14(20-13-21-15(2)17(4)31-24(21)16(3)23(20)30-5)12-22(27)26-11-10-18-6-8-19(9-7-18)32(25,28)29/h6-9,12-13H,10-11H2,1-5H3,(H,26,27)(H2,25,28,29)/b14-12+. The van der Waals surface area contributed by atoms with Crippen LogP contribution in [0.2, 0.25) is 0 Å². The molecular formula is C24H28N2O5S. The normalized spacial score (nSPS) is 12.2. The van der Waals surface area contributed by atoms with E-state index in [0.29, 0.717) is 18.7 Å². The molecule has 0 saturated carbocycles. The lowest BCUT2D eigenvalue weighted by Crippen LogP contribution is -2.24. The summed E-state index contributed by atoms with van der Waals surface area (Å²) in [4.78, 5) is 12.5. The van der Waals surface area contributed by atoms with Gasteiger partial charge in [0.05, 0.1) is 12.0 Å². The van der Waals surface area contributed by atoms with Gasteiger partial charge in [0.15, 0.2) is 0 Å². The van der Waals surface area contributed by atoms with E-state index in [1.807, 2.05) is 33.8 Å². The first-order valence-electron chi connectivity index (χ1n) is 10.2. The number of ether oxygens (including phenoxy) is 1. The van der Waals surface area contributed by atoms with Gasteiger partial charge in [-0.1, -0.05) is 12.1 Å². The average molecular weight is 457 g/mol. The Kier molecular flexibility index (Phi) is 6.76. The summed E-state index contributed by atoms with van der Waals surface area (Å²) in [5, 5.41) is 8.98. The van der Waals surface area contributed by atoms with Crippen LogP contribution in [0.1, 0.15) is 34.9 Å². The van der Waals surface area contributed by atoms with Crippen LogP contribution in [0, 0.1) is 20.8 Å². The highest BCUT2D eigenvalue weighted by atomic mass is 32.2. The fourth-order valence-electron chi connectivity index (χ4n) is 3.67. The maximum atomic E-state index is 12.5. The Labute approximate surface area is 188 Å². The van der Waals surface area contributed by atoms with Crippen molar-refractivity contribution >= 4 is 32.5 Å². The summed E-state index contributed by atoms with van der Waals surface area (Å²) in [6.07, 6.45) is 2.11. The van der Waals surface area contributed by atoms with Crippen molar-refractivity contribution in [1.82, 2.24) is 5.32 Å². The second-order valence-electron chi connectivity index (χ2n) is 7.80. The number of amides is 1. The first kappa shape index (κ1) is 23.6. The molecule has 32 heavy (non-hydrogen) atoms. The molecule has 0 unspecified atom stereocenters. The third kappa shape index (κ3) is 4.87. The number of benzene rings is 2. The molecule has 0 aliphatic heterocycles. The molecule has 0 bridgehead atoms. The lowest BCUT2D eigenvalue weighted by molar-refractivity contribution is -0.116. The summed E-state index contributed by atoms with van der Waals surface area (Å²) in [6, 6.07) is 8.29. The van der Waals surface area contributed by atoms with E-state index in [1.165, 1.54) is 12.1 Å². The van der Waals surface area contributed by atoms with Gasteiger partial charge in [-0.25, -0.2) is 13.6 Å². The average Bonchev–Trinajstić information content (AvgIpc) is 3.02. The van der Waals surface area contributed by atoms with Crippen molar-refractivity contribution in [2.45, 2.75) is 39.0 Å². The maximum Gasteiger partial charge on any atom is 0.244 e. The Bertz CT molecular complexity index is 1300. The highest BCUT2D eigenvalue weighted by molar-refractivity contribution is 7.89. The Hall–Kier alpha value is -3.10. The number of methoxy groups -OCH3 is 1. The van der Waals surface area contributed by atoms with Gasteiger partial charge in [0.25, 0.3) is 0 Å². The van der Waals surface area contributed by atoms with Crippen molar-refractivity contribution < 1.29 is 22.4 Å². The minimum absolute atomic E-state index is 0.0631. The zero-order valence-corrected chi connectivity index (χ0v) is 19.7. The first-order valence-corrected chi connectivity index (χ1v) is 11.7. The molecule has 0 aliphatic carbocycles. The van der Waals surface area contributed by atoms with Crippen LogP contribution in [-0.4, -0.2) is 28.0 Å². The van der Waals surface area contributed by atoms with Crippen molar-refractivity contribution in [3.8, 4) is 5.75 Å². The fraction of sp³-hybridized carbons (Fsp3) is 0.292. The van der Waals surface area contributed by atoms with E-state index in [4.69, 9.17) is 14.3 Å². The Balaban J connectivity index is 1.73. The lowest BCUT2D eigenvalue weighted by Gasteiger charge is -2.13. The number of sulfonamides is 1. The van der Waals surface area contributed by atoms with Crippen molar-refractivity contribution in [3.05, 3.63) is 64.4 Å². The van der Waals surface area contributed by atoms with Gasteiger partial charge in [0.1, 0.15) is 17.1 Å². The Morgan fingerprint density at radius 1 is 1.16 bits per heavy atom. The molecule has 3 N–H and O–H groups in total. The van der Waals surface area contributed by atoms with Gasteiger partial charge in [-0.3, -0.25) is 4.79 Å². The molecule has 7 nitrogen and oxygen atoms in total. The second-order valence-corrected chi connectivity index (χ2v) is 9.36. The number of allylic oxidation sites excluding steroid dienone is 1. The molecule has 0 aliphatic rings. The van der Waals surface area contributed by atoms with Crippen molar-refractivity contribution in [1.29, 1.82) is 0 Å². The van der Waals surface area contributed by atoms with E-state index in [1.54, 1.807) is 25.3 Å². The monoisotopic (exact) mass is 456 g/mol. The highest BCUT2D eigenvalue weighted by Gasteiger charge is 2.18. The van der Waals surface area contributed by atoms with Crippen molar-refractivity contribution in [3.63, 3.8) is 0 Å². The third-order valence-electron chi connectivity index (χ3n) is 5.59. The van der Waals surface area contributed by atoms with Crippen LogP contribution in [0.4, 0.5) is 0 Å². The van der Waals surface area contributed by atoms with Gasteiger partial charge < -0.3 is 14.5 Å². The number of fused-ring (bicyclic) bond motifs is 1. The largest absolute Gasteiger partial charge is 0.496 e. The first-order chi connectivity index (χ1) is 15.0. The van der Waals surface area contributed by atoms with E-state index in [2.05, 4.69) is 5.32 Å². The number of hydrogen-bond donors (Lipinski definition) is 2. The van der Waals surface area contributed by atoms with Crippen molar-refractivity contribution in [2.24, 2.45) is 5.14 Å². The molecule has 0 spiro atoms. The number of furan rings is 1. The van der Waals surface area contributed by atoms with Crippen LogP contribution < -0.4 is 15.2 Å². The summed E-state index contributed by atoms with van der Waals surface area (Å²) in [5.41, 5.74) is 5.28. The summed E-state index contributed by atoms with van der Waals surface area (Å²) >= 11 is 0. The smallest absolute Gasteiger partial charge is 0.244 e. The number of rotatable bonds is 7. The van der Waals surface area contributed by atoms with Gasteiger partial charge in [0, 0.05) is 29.1 Å². The highest BCUT2D eigenvalue weighted by Crippen LogP contribution is 2.38. The van der Waals surface area contributed by atoms with Crippen LogP contribution in [-0.2, 0) is 21.2 Å². The Morgan fingerprint density at radius 3 is 2.41 bits per heavy atom. The molecule has 2 aromatic carbocycles. The van der Waals surface area contributed by atoms with Gasteiger partial charge in [-0.15, -0.1) is 0 Å². The van der Waals surface area contributed by atoms with E-state index >= 15 is 0 Å².